The van der Waals surface area contributed by atoms with E-state index in [1.54, 1.807) is 0 Å². The van der Waals surface area contributed by atoms with Gasteiger partial charge in [0.05, 0.1) is 10.7 Å². The van der Waals surface area contributed by atoms with Crippen molar-refractivity contribution in [2.24, 2.45) is 0 Å². The Morgan fingerprint density at radius 2 is 2.23 bits per heavy atom. The molecule has 0 spiro atoms. The molecule has 0 aliphatic heterocycles. The lowest BCUT2D eigenvalue weighted by atomic mass is 10.3. The molecule has 0 radical (unpaired) electrons. The number of hydrogen-bond acceptors (Lipinski definition) is 2. The molecule has 0 aliphatic carbocycles. The van der Waals surface area contributed by atoms with Gasteiger partial charge in [-0.1, -0.05) is 11.6 Å². The largest absolute Gasteiger partial charge is 0.495 e. The zero-order valence-electron chi connectivity index (χ0n) is 6.52. The maximum absolute atomic E-state index is 12.2. The molecule has 72 valence electrons. The molecule has 1 rings (SSSR count). The second kappa shape index (κ2) is 4.36. The van der Waals surface area contributed by atoms with E-state index in [9.17, 15) is 8.78 Å². The number of hydrogen-bond donors (Lipinski definition) is 0. The highest BCUT2D eigenvalue weighted by Crippen LogP contribution is 2.30. The van der Waals surface area contributed by atoms with Gasteiger partial charge in [-0.2, -0.15) is 0 Å². The van der Waals surface area contributed by atoms with Crippen LogP contribution in [0.1, 0.15) is 12.1 Å². The molecule has 2 nitrogen and oxygen atoms in total. The second-order valence-electron chi connectivity index (χ2n) is 2.15. The minimum absolute atomic E-state index is 0.0373. The fraction of sp³-hybridized carbons (Fsp3) is 0.286. The Hall–Kier alpha value is -0.170. The highest BCUT2D eigenvalue weighted by atomic mass is 127. The van der Waals surface area contributed by atoms with Gasteiger partial charge in [-0.3, -0.25) is 0 Å². The molecule has 13 heavy (non-hydrogen) atoms. The molecule has 1 heterocycles. The molecule has 0 amide bonds. The summed E-state index contributed by atoms with van der Waals surface area (Å²) in [5, 5.41) is 0.0373. The molecule has 6 heteroatoms. The van der Waals surface area contributed by atoms with Crippen LogP contribution in [0.4, 0.5) is 8.78 Å². The second-order valence-corrected chi connectivity index (χ2v) is 3.59. The number of nitrogens with zero attached hydrogens (tertiary/aromatic N) is 1. The van der Waals surface area contributed by atoms with Crippen molar-refractivity contribution in [3.63, 3.8) is 0 Å². The van der Waals surface area contributed by atoms with Gasteiger partial charge in [-0.25, -0.2) is 13.8 Å². The Kier molecular flexibility index (Phi) is 3.66. The Morgan fingerprint density at radius 3 is 2.69 bits per heavy atom. The first-order chi connectivity index (χ1) is 6.06. The van der Waals surface area contributed by atoms with E-state index in [4.69, 9.17) is 16.3 Å². The molecule has 1 aromatic heterocycles. The van der Waals surface area contributed by atoms with E-state index in [-0.39, 0.29) is 10.8 Å². The molecular weight excluding hydrogens is 314 g/mol. The van der Waals surface area contributed by atoms with Crippen molar-refractivity contribution in [1.29, 1.82) is 0 Å². The van der Waals surface area contributed by atoms with Crippen molar-refractivity contribution in [1.82, 2.24) is 4.98 Å². The highest BCUT2D eigenvalue weighted by Gasteiger charge is 2.15. The lowest BCUT2D eigenvalue weighted by Gasteiger charge is -2.06. The molecule has 0 unspecified atom stereocenters. The summed E-state index contributed by atoms with van der Waals surface area (Å²) >= 11 is 7.49. The third kappa shape index (κ3) is 2.40. The first-order valence-electron chi connectivity index (χ1n) is 3.24. The number of rotatable bonds is 2. The number of alkyl halides is 2. The third-order valence-electron chi connectivity index (χ3n) is 1.35. The Labute approximate surface area is 92.4 Å². The van der Waals surface area contributed by atoms with E-state index in [0.717, 1.165) is 0 Å². The van der Waals surface area contributed by atoms with Crippen LogP contribution in [0.3, 0.4) is 0 Å². The van der Waals surface area contributed by atoms with Crippen molar-refractivity contribution in [3.05, 3.63) is 20.5 Å². The van der Waals surface area contributed by atoms with Crippen LogP contribution in [-0.4, -0.2) is 12.1 Å². The topological polar surface area (TPSA) is 22.1 Å². The SMILES string of the molecule is COc1cc(C(F)F)nc(Cl)c1I. The van der Waals surface area contributed by atoms with Gasteiger partial charge in [0.1, 0.15) is 16.6 Å². The monoisotopic (exact) mass is 319 g/mol. The van der Waals surface area contributed by atoms with Gasteiger partial charge in [0.2, 0.25) is 0 Å². The van der Waals surface area contributed by atoms with Crippen LogP contribution in [-0.2, 0) is 0 Å². The molecular formula is C7H5ClF2INO. The summed E-state index contributed by atoms with van der Waals surface area (Å²) < 4.78 is 29.8. The normalized spacial score (nSPS) is 10.6. The summed E-state index contributed by atoms with van der Waals surface area (Å²) in [4.78, 5) is 3.51. The van der Waals surface area contributed by atoms with E-state index >= 15 is 0 Å². The molecule has 0 atom stereocenters. The predicted molar refractivity (Wildman–Crippen MR) is 53.5 cm³/mol. The van der Waals surface area contributed by atoms with E-state index in [1.807, 2.05) is 22.6 Å². The third-order valence-corrected chi connectivity index (χ3v) is 2.98. The summed E-state index contributed by atoms with van der Waals surface area (Å²) in [6.45, 7) is 0. The minimum atomic E-state index is -2.64. The highest BCUT2D eigenvalue weighted by molar-refractivity contribution is 14.1. The van der Waals surface area contributed by atoms with Crippen LogP contribution in [0.25, 0.3) is 0 Å². The Bertz CT molecular complexity index is 322. The van der Waals surface area contributed by atoms with Gasteiger partial charge in [0, 0.05) is 6.07 Å². The average molecular weight is 319 g/mol. The first-order valence-corrected chi connectivity index (χ1v) is 4.70. The molecule has 1 aromatic rings. The number of halogens is 4. The number of methoxy groups -OCH3 is 1. The van der Waals surface area contributed by atoms with Crippen molar-refractivity contribution < 1.29 is 13.5 Å². The minimum Gasteiger partial charge on any atom is -0.495 e. The molecule has 0 saturated heterocycles. The predicted octanol–water partition coefficient (Wildman–Crippen LogP) is 3.29. The summed E-state index contributed by atoms with van der Waals surface area (Å²) in [6, 6.07) is 1.18. The van der Waals surface area contributed by atoms with Gasteiger partial charge in [0.25, 0.3) is 6.43 Å². The van der Waals surface area contributed by atoms with Gasteiger partial charge in [0.15, 0.2) is 0 Å². The summed E-state index contributed by atoms with van der Waals surface area (Å²) in [6.07, 6.45) is -2.64. The summed E-state index contributed by atoms with van der Waals surface area (Å²) in [7, 11) is 1.39. The quantitative estimate of drug-likeness (QED) is 0.616. The fourth-order valence-corrected chi connectivity index (χ4v) is 1.44. The number of aromatic nitrogens is 1. The van der Waals surface area contributed by atoms with Gasteiger partial charge < -0.3 is 4.74 Å². The van der Waals surface area contributed by atoms with E-state index in [2.05, 4.69) is 4.98 Å². The van der Waals surface area contributed by atoms with Crippen LogP contribution in [0.2, 0.25) is 5.15 Å². The van der Waals surface area contributed by atoms with E-state index in [1.165, 1.54) is 13.2 Å². The van der Waals surface area contributed by atoms with Crippen LogP contribution < -0.4 is 4.74 Å². The summed E-state index contributed by atoms with van der Waals surface area (Å²) in [5.74, 6) is 0.316. The first kappa shape index (κ1) is 10.9. The zero-order chi connectivity index (χ0) is 10.0. The fourth-order valence-electron chi connectivity index (χ4n) is 0.754. The molecule has 0 saturated carbocycles. The van der Waals surface area contributed by atoms with Crippen LogP contribution in [0.15, 0.2) is 6.07 Å². The molecule has 0 aromatic carbocycles. The average Bonchev–Trinajstić information content (AvgIpc) is 2.09. The molecule has 0 bridgehead atoms. The van der Waals surface area contributed by atoms with Crippen molar-refractivity contribution >= 4 is 34.2 Å². The van der Waals surface area contributed by atoms with Gasteiger partial charge in [-0.15, -0.1) is 0 Å². The number of ether oxygens (including phenoxy) is 1. The lowest BCUT2D eigenvalue weighted by Crippen LogP contribution is -1.96. The van der Waals surface area contributed by atoms with Crippen molar-refractivity contribution in [2.75, 3.05) is 7.11 Å². The van der Waals surface area contributed by atoms with Gasteiger partial charge in [-0.05, 0) is 22.6 Å². The smallest absolute Gasteiger partial charge is 0.280 e. The summed E-state index contributed by atoms with van der Waals surface area (Å²) in [5.41, 5.74) is -0.373. The maximum atomic E-state index is 12.2. The molecule has 0 aliphatic rings. The standard InChI is InChI=1S/C7H5ClF2INO/c1-13-4-2-3(7(9)10)12-6(8)5(4)11/h2,7H,1H3. The lowest BCUT2D eigenvalue weighted by molar-refractivity contribution is 0.145. The van der Waals surface area contributed by atoms with Gasteiger partial charge >= 0.3 is 0 Å². The van der Waals surface area contributed by atoms with Crippen LogP contribution in [0.5, 0.6) is 5.75 Å². The molecule has 0 fully saturated rings. The van der Waals surface area contributed by atoms with Crippen molar-refractivity contribution in [3.8, 4) is 5.75 Å². The van der Waals surface area contributed by atoms with Crippen molar-refractivity contribution in [2.45, 2.75) is 6.43 Å². The molecule has 0 N–H and O–H groups in total. The van der Waals surface area contributed by atoms with Crippen LogP contribution in [0, 0.1) is 3.57 Å². The Morgan fingerprint density at radius 1 is 1.62 bits per heavy atom. The van der Waals surface area contributed by atoms with E-state index in [0.29, 0.717) is 9.32 Å². The van der Waals surface area contributed by atoms with E-state index < -0.39 is 6.43 Å². The Balaban J connectivity index is 3.22. The van der Waals surface area contributed by atoms with Crippen LogP contribution >= 0.6 is 34.2 Å². The number of pyridine rings is 1. The maximum Gasteiger partial charge on any atom is 0.280 e. The zero-order valence-corrected chi connectivity index (χ0v) is 9.44.